The van der Waals surface area contributed by atoms with Gasteiger partial charge in [0.05, 0.1) is 12.3 Å². The summed E-state index contributed by atoms with van der Waals surface area (Å²) in [6, 6.07) is 11.0. The van der Waals surface area contributed by atoms with Gasteiger partial charge in [0.25, 0.3) is 5.56 Å². The van der Waals surface area contributed by atoms with Crippen LogP contribution in [-0.4, -0.2) is 47.2 Å². The lowest BCUT2D eigenvalue weighted by molar-refractivity contribution is -0.126. The van der Waals surface area contributed by atoms with Crippen molar-refractivity contribution < 1.29 is 18.3 Å². The first-order chi connectivity index (χ1) is 15.3. The van der Waals surface area contributed by atoms with Gasteiger partial charge < -0.3 is 15.0 Å². The topological polar surface area (TPSA) is 109 Å². The highest BCUT2D eigenvalue weighted by Gasteiger charge is 2.58. The zero-order valence-electron chi connectivity index (χ0n) is 18.0. The zero-order chi connectivity index (χ0) is 23.0. The van der Waals surface area contributed by atoms with Crippen LogP contribution >= 0.6 is 0 Å². The van der Waals surface area contributed by atoms with Gasteiger partial charge in [-0.1, -0.05) is 42.5 Å². The van der Waals surface area contributed by atoms with Crippen LogP contribution in [0.5, 0.6) is 0 Å². The molecule has 1 saturated heterocycles. The Labute approximate surface area is 187 Å². The average Bonchev–Trinajstić information content (AvgIpc) is 3.29. The highest BCUT2D eigenvalue weighted by atomic mass is 32.2. The fourth-order valence-corrected chi connectivity index (χ4v) is 6.37. The first-order valence-electron chi connectivity index (χ1n) is 10.6. The summed E-state index contributed by atoms with van der Waals surface area (Å²) >= 11 is 0. The Kier molecular flexibility index (Phi) is 6.07. The summed E-state index contributed by atoms with van der Waals surface area (Å²) in [4.78, 5) is 26.1. The van der Waals surface area contributed by atoms with Crippen molar-refractivity contribution in [3.05, 3.63) is 75.7 Å². The van der Waals surface area contributed by atoms with E-state index in [-0.39, 0.29) is 31.2 Å². The van der Waals surface area contributed by atoms with Crippen LogP contribution in [0.25, 0.3) is 6.08 Å². The highest BCUT2D eigenvalue weighted by molar-refractivity contribution is 7.88. The second-order valence-electron chi connectivity index (χ2n) is 8.33. The van der Waals surface area contributed by atoms with Crippen LogP contribution in [0.1, 0.15) is 29.8 Å². The Morgan fingerprint density at radius 1 is 1.22 bits per heavy atom. The minimum Gasteiger partial charge on any atom is -0.396 e. The third-order valence-electron chi connectivity index (χ3n) is 6.36. The summed E-state index contributed by atoms with van der Waals surface area (Å²) in [5.41, 5.74) is 1.75. The van der Waals surface area contributed by atoms with E-state index >= 15 is 0 Å². The molecule has 2 aromatic rings. The van der Waals surface area contributed by atoms with Gasteiger partial charge in [0.15, 0.2) is 0 Å². The minimum atomic E-state index is -3.82. The number of benzene rings is 1. The van der Waals surface area contributed by atoms with Crippen LogP contribution in [-0.2, 0) is 27.9 Å². The summed E-state index contributed by atoms with van der Waals surface area (Å²) < 4.78 is 28.5. The molecule has 0 bridgehead atoms. The van der Waals surface area contributed by atoms with Gasteiger partial charge in [-0.15, -0.1) is 0 Å². The second-order valence-corrected chi connectivity index (χ2v) is 10.2. The van der Waals surface area contributed by atoms with Crippen molar-refractivity contribution in [1.82, 2.24) is 14.2 Å². The monoisotopic (exact) mass is 457 g/mol. The largest absolute Gasteiger partial charge is 0.396 e. The maximum absolute atomic E-state index is 13.2. The van der Waals surface area contributed by atoms with Crippen LogP contribution in [0.15, 0.2) is 53.3 Å². The molecular formula is C23H27N3O5S. The lowest BCUT2D eigenvalue weighted by atomic mass is 9.88. The number of hydrogen-bond donors (Lipinski definition) is 2. The molecule has 2 aliphatic rings. The molecular weight excluding hydrogens is 430 g/mol. The predicted octanol–water partition coefficient (Wildman–Crippen LogP) is 1.12. The molecule has 1 amide bonds. The molecule has 0 radical (unpaired) electrons. The van der Waals surface area contributed by atoms with E-state index in [1.807, 2.05) is 37.3 Å². The number of rotatable bonds is 6. The number of carbonyl (C=O) groups is 1. The Balaban J connectivity index is 1.72. The van der Waals surface area contributed by atoms with Crippen molar-refractivity contribution >= 4 is 22.0 Å². The van der Waals surface area contributed by atoms with E-state index in [0.717, 1.165) is 11.8 Å². The van der Waals surface area contributed by atoms with Crippen molar-refractivity contribution in [2.45, 2.75) is 32.1 Å². The highest BCUT2D eigenvalue weighted by Crippen LogP contribution is 2.50. The van der Waals surface area contributed by atoms with E-state index in [4.69, 9.17) is 0 Å². The SMILES string of the molecule is C/C=C\c1ccc2n(c1=O)C[C@H]1[C@H](CO)[C@@H](C(=O)NCc3ccccc3)N(S(C)(=O)=O)[C@@H]21. The minimum absolute atomic E-state index is 0.204. The molecule has 8 nitrogen and oxygen atoms in total. The third kappa shape index (κ3) is 3.80. The second kappa shape index (κ2) is 8.65. The predicted molar refractivity (Wildman–Crippen MR) is 121 cm³/mol. The van der Waals surface area contributed by atoms with E-state index in [1.54, 1.807) is 28.9 Å². The number of aliphatic hydroxyl groups excluding tert-OH is 1. The number of nitrogens with one attached hydrogen (secondary N) is 1. The molecule has 3 heterocycles. The quantitative estimate of drug-likeness (QED) is 0.676. The van der Waals surface area contributed by atoms with Crippen LogP contribution in [0, 0.1) is 11.8 Å². The molecule has 0 aliphatic carbocycles. The molecule has 170 valence electrons. The zero-order valence-corrected chi connectivity index (χ0v) is 18.8. The molecule has 32 heavy (non-hydrogen) atoms. The van der Waals surface area contributed by atoms with E-state index in [1.165, 1.54) is 4.31 Å². The van der Waals surface area contributed by atoms with Crippen molar-refractivity contribution in [2.24, 2.45) is 11.8 Å². The fraction of sp³-hybridized carbons (Fsp3) is 0.391. The van der Waals surface area contributed by atoms with E-state index in [0.29, 0.717) is 11.3 Å². The molecule has 2 N–H and O–H groups in total. The maximum atomic E-state index is 13.2. The molecule has 0 saturated carbocycles. The van der Waals surface area contributed by atoms with Crippen molar-refractivity contribution in [3.8, 4) is 0 Å². The molecule has 0 spiro atoms. The molecule has 4 atom stereocenters. The fourth-order valence-electron chi connectivity index (χ4n) is 5.02. The van der Waals surface area contributed by atoms with E-state index < -0.39 is 33.9 Å². The molecule has 9 heteroatoms. The van der Waals surface area contributed by atoms with Gasteiger partial charge in [-0.05, 0) is 24.6 Å². The standard InChI is InChI=1S/C23H27N3O5S/c1-3-7-16-10-11-19-20-17(13-25(19)23(16)29)18(14-27)21(26(20)32(2,30)31)22(28)24-12-15-8-5-4-6-9-15/h3-11,17-18,20-21,27H,12-14H2,1-2H3,(H,24,28)/b7-3-/t17-,18-,20+,21-/m0/s1. The van der Waals surface area contributed by atoms with Crippen LogP contribution < -0.4 is 10.9 Å². The van der Waals surface area contributed by atoms with E-state index in [9.17, 15) is 23.1 Å². The van der Waals surface area contributed by atoms with Gasteiger partial charge in [-0.2, -0.15) is 4.31 Å². The Bertz CT molecular complexity index is 1210. The Morgan fingerprint density at radius 3 is 2.56 bits per heavy atom. The summed E-state index contributed by atoms with van der Waals surface area (Å²) in [5, 5.41) is 13.0. The summed E-state index contributed by atoms with van der Waals surface area (Å²) in [6.45, 7) is 1.97. The van der Waals surface area contributed by atoms with Crippen LogP contribution in [0.4, 0.5) is 0 Å². The van der Waals surface area contributed by atoms with Gasteiger partial charge >= 0.3 is 0 Å². The van der Waals surface area contributed by atoms with Crippen LogP contribution in [0.3, 0.4) is 0 Å². The number of allylic oxidation sites excluding steroid dienone is 1. The first-order valence-corrected chi connectivity index (χ1v) is 12.4. The third-order valence-corrected chi connectivity index (χ3v) is 7.58. The van der Waals surface area contributed by atoms with Crippen molar-refractivity contribution in [1.29, 1.82) is 0 Å². The van der Waals surface area contributed by atoms with Crippen LogP contribution in [0.2, 0.25) is 0 Å². The van der Waals surface area contributed by atoms with Crippen molar-refractivity contribution in [3.63, 3.8) is 0 Å². The number of aliphatic hydroxyl groups is 1. The number of sulfonamides is 1. The molecule has 4 rings (SSSR count). The molecule has 2 aliphatic heterocycles. The normalized spacial score (nSPS) is 25.1. The Hall–Kier alpha value is -2.75. The summed E-state index contributed by atoms with van der Waals surface area (Å²) in [6.07, 6.45) is 4.55. The molecule has 1 aromatic carbocycles. The van der Waals surface area contributed by atoms with Gasteiger partial charge in [0.1, 0.15) is 6.04 Å². The van der Waals surface area contributed by atoms with Gasteiger partial charge in [-0.25, -0.2) is 8.42 Å². The number of fused-ring (bicyclic) bond motifs is 3. The summed E-state index contributed by atoms with van der Waals surface area (Å²) in [7, 11) is -3.82. The lowest BCUT2D eigenvalue weighted by Gasteiger charge is -2.28. The van der Waals surface area contributed by atoms with E-state index in [2.05, 4.69) is 5.32 Å². The smallest absolute Gasteiger partial charge is 0.258 e. The first kappa shape index (κ1) is 22.4. The number of hydrogen-bond acceptors (Lipinski definition) is 5. The lowest BCUT2D eigenvalue weighted by Crippen LogP contribution is -2.49. The number of aromatic nitrogens is 1. The van der Waals surface area contributed by atoms with Crippen molar-refractivity contribution in [2.75, 3.05) is 12.9 Å². The molecule has 1 aromatic heterocycles. The van der Waals surface area contributed by atoms with Gasteiger partial charge in [-0.3, -0.25) is 9.59 Å². The van der Waals surface area contributed by atoms with Gasteiger partial charge in [0, 0.05) is 42.8 Å². The molecule has 1 fully saturated rings. The maximum Gasteiger partial charge on any atom is 0.258 e. The average molecular weight is 458 g/mol. The molecule has 0 unspecified atom stereocenters. The number of nitrogens with zero attached hydrogens (tertiary/aromatic N) is 2. The number of amides is 1. The number of pyridine rings is 1. The summed E-state index contributed by atoms with van der Waals surface area (Å²) in [5.74, 6) is -1.46. The number of carbonyl (C=O) groups excluding carboxylic acids is 1. The Morgan fingerprint density at radius 2 is 1.94 bits per heavy atom. The van der Waals surface area contributed by atoms with Gasteiger partial charge in [0.2, 0.25) is 15.9 Å².